The highest BCUT2D eigenvalue weighted by molar-refractivity contribution is 6.42. The minimum Gasteiger partial charge on any atom is -0.301 e. The van der Waals surface area contributed by atoms with E-state index in [2.05, 4.69) is 23.5 Å². The molecule has 3 rings (SSSR count). The van der Waals surface area contributed by atoms with Crippen molar-refractivity contribution in [1.29, 1.82) is 0 Å². The molecular formula is C13H13Cl2N. The molecule has 0 aromatic heterocycles. The lowest BCUT2D eigenvalue weighted by Gasteiger charge is -2.31. The Hall–Kier alpha value is -0.500. The van der Waals surface area contributed by atoms with Crippen LogP contribution in [-0.2, 0) is 5.54 Å². The smallest absolute Gasteiger partial charge is 0.0623 e. The zero-order chi connectivity index (χ0) is 11.2. The molecule has 1 fully saturated rings. The van der Waals surface area contributed by atoms with Gasteiger partial charge in [0.05, 0.1) is 15.6 Å². The van der Waals surface area contributed by atoms with Gasteiger partial charge in [-0.2, -0.15) is 0 Å². The zero-order valence-electron chi connectivity index (χ0n) is 8.84. The number of fused-ring (bicyclic) bond motifs is 2. The third-order valence-corrected chi connectivity index (χ3v) is 4.35. The Labute approximate surface area is 105 Å². The Morgan fingerprint density at radius 1 is 1.25 bits per heavy atom. The minimum atomic E-state index is -0.00283. The zero-order valence-corrected chi connectivity index (χ0v) is 10.4. The molecule has 0 radical (unpaired) electrons. The van der Waals surface area contributed by atoms with Crippen LogP contribution in [0.1, 0.15) is 24.8 Å². The fraction of sp³-hybridized carbons (Fsp3) is 0.385. The molecular weight excluding hydrogens is 241 g/mol. The van der Waals surface area contributed by atoms with Crippen molar-refractivity contribution in [3.05, 3.63) is 46.0 Å². The maximum Gasteiger partial charge on any atom is 0.0623 e. The topological polar surface area (TPSA) is 12.0 Å². The second-order valence-corrected chi connectivity index (χ2v) is 5.43. The maximum absolute atomic E-state index is 6.08. The summed E-state index contributed by atoms with van der Waals surface area (Å²) in [6, 6.07) is 6.55. The first kappa shape index (κ1) is 10.6. The highest BCUT2D eigenvalue weighted by Crippen LogP contribution is 2.40. The van der Waals surface area contributed by atoms with E-state index in [1.165, 1.54) is 12.0 Å². The third kappa shape index (κ3) is 1.58. The van der Waals surface area contributed by atoms with Crippen LogP contribution in [0.2, 0.25) is 10.0 Å². The summed E-state index contributed by atoms with van der Waals surface area (Å²) in [7, 11) is 0. The highest BCUT2D eigenvalue weighted by atomic mass is 35.5. The minimum absolute atomic E-state index is 0.00283. The van der Waals surface area contributed by atoms with Crippen molar-refractivity contribution in [2.45, 2.75) is 30.8 Å². The molecule has 1 nitrogen and oxygen atoms in total. The van der Waals surface area contributed by atoms with Gasteiger partial charge >= 0.3 is 0 Å². The van der Waals surface area contributed by atoms with Crippen LogP contribution in [0.4, 0.5) is 0 Å². The van der Waals surface area contributed by atoms with Crippen molar-refractivity contribution in [2.75, 3.05) is 0 Å². The molecule has 0 saturated carbocycles. The van der Waals surface area contributed by atoms with Crippen LogP contribution in [0, 0.1) is 0 Å². The molecule has 1 aromatic carbocycles. The number of benzene rings is 1. The summed E-state index contributed by atoms with van der Waals surface area (Å²) in [6.45, 7) is 0. The fourth-order valence-corrected chi connectivity index (χ4v) is 3.05. The van der Waals surface area contributed by atoms with Crippen molar-refractivity contribution in [3.8, 4) is 0 Å². The van der Waals surface area contributed by atoms with Crippen molar-refractivity contribution < 1.29 is 0 Å². The summed E-state index contributed by atoms with van der Waals surface area (Å²) < 4.78 is 0. The highest BCUT2D eigenvalue weighted by Gasteiger charge is 2.39. The Morgan fingerprint density at radius 3 is 2.94 bits per heavy atom. The summed E-state index contributed by atoms with van der Waals surface area (Å²) in [5.74, 6) is 0. The molecule has 3 heteroatoms. The second kappa shape index (κ2) is 3.76. The molecule has 1 aromatic rings. The summed E-state index contributed by atoms with van der Waals surface area (Å²) in [6.07, 6.45) is 8.06. The molecule has 2 aliphatic rings. The standard InChI is InChI=1S/C13H13Cl2N/c14-11-4-3-9(8-12(11)15)13-6-1-2-10(16-13)5-7-13/h1,3-4,6,8,10,16H,2,5,7H2. The van der Waals surface area contributed by atoms with E-state index in [0.29, 0.717) is 16.1 Å². The summed E-state index contributed by atoms with van der Waals surface area (Å²) in [5, 5.41) is 4.94. The number of hydrogen-bond donors (Lipinski definition) is 1. The van der Waals surface area contributed by atoms with Gasteiger partial charge in [-0.1, -0.05) is 41.4 Å². The van der Waals surface area contributed by atoms with Gasteiger partial charge in [0.2, 0.25) is 0 Å². The predicted octanol–water partition coefficient (Wildman–Crippen LogP) is 3.90. The first-order valence-corrected chi connectivity index (χ1v) is 6.36. The molecule has 0 spiro atoms. The van der Waals surface area contributed by atoms with E-state index in [1.54, 1.807) is 0 Å². The van der Waals surface area contributed by atoms with E-state index in [4.69, 9.17) is 23.2 Å². The number of halogens is 2. The Bertz CT molecular complexity index is 455. The quantitative estimate of drug-likeness (QED) is 0.749. The van der Waals surface area contributed by atoms with Gasteiger partial charge in [-0.3, -0.25) is 0 Å². The van der Waals surface area contributed by atoms with E-state index in [1.807, 2.05) is 12.1 Å². The largest absolute Gasteiger partial charge is 0.301 e. The van der Waals surface area contributed by atoms with Crippen molar-refractivity contribution in [1.82, 2.24) is 5.32 Å². The molecule has 2 heterocycles. The lowest BCUT2D eigenvalue weighted by molar-refractivity contribution is 0.437. The van der Waals surface area contributed by atoms with Gasteiger partial charge in [0.25, 0.3) is 0 Å². The molecule has 0 aliphatic carbocycles. The van der Waals surface area contributed by atoms with Crippen molar-refractivity contribution in [3.63, 3.8) is 0 Å². The van der Waals surface area contributed by atoms with E-state index in [-0.39, 0.29) is 5.54 Å². The molecule has 1 saturated heterocycles. The first-order valence-electron chi connectivity index (χ1n) is 5.60. The fourth-order valence-electron chi connectivity index (χ4n) is 2.75. The molecule has 2 atom stereocenters. The number of rotatable bonds is 1. The first-order chi connectivity index (χ1) is 7.70. The van der Waals surface area contributed by atoms with Gasteiger partial charge in [0.1, 0.15) is 0 Å². The Balaban J connectivity index is 2.05. The Morgan fingerprint density at radius 2 is 2.12 bits per heavy atom. The molecule has 2 bridgehead atoms. The molecule has 1 N–H and O–H groups in total. The molecule has 2 unspecified atom stereocenters. The summed E-state index contributed by atoms with van der Waals surface area (Å²) in [5.41, 5.74) is 1.22. The SMILES string of the molecule is Clc1ccc(C23C=CCC(CC2)N3)cc1Cl. The molecule has 16 heavy (non-hydrogen) atoms. The van der Waals surface area contributed by atoms with Gasteiger partial charge in [0.15, 0.2) is 0 Å². The van der Waals surface area contributed by atoms with E-state index >= 15 is 0 Å². The van der Waals surface area contributed by atoms with Crippen LogP contribution in [0.5, 0.6) is 0 Å². The summed E-state index contributed by atoms with van der Waals surface area (Å²) >= 11 is 12.0. The van der Waals surface area contributed by atoms with E-state index in [9.17, 15) is 0 Å². The van der Waals surface area contributed by atoms with Crippen LogP contribution in [-0.4, -0.2) is 6.04 Å². The third-order valence-electron chi connectivity index (χ3n) is 3.61. The van der Waals surface area contributed by atoms with Crippen LogP contribution in [0.3, 0.4) is 0 Å². The van der Waals surface area contributed by atoms with Gasteiger partial charge < -0.3 is 5.32 Å². The van der Waals surface area contributed by atoms with Crippen LogP contribution >= 0.6 is 23.2 Å². The average molecular weight is 254 g/mol. The van der Waals surface area contributed by atoms with Gasteiger partial charge in [-0.15, -0.1) is 0 Å². The van der Waals surface area contributed by atoms with Gasteiger partial charge in [0, 0.05) is 6.04 Å². The predicted molar refractivity (Wildman–Crippen MR) is 68.1 cm³/mol. The van der Waals surface area contributed by atoms with Gasteiger partial charge in [-0.05, 0) is 37.0 Å². The second-order valence-electron chi connectivity index (χ2n) is 4.62. The van der Waals surface area contributed by atoms with Crippen LogP contribution in [0.25, 0.3) is 0 Å². The Kier molecular flexibility index (Phi) is 2.50. The molecule has 2 aliphatic heterocycles. The number of nitrogens with one attached hydrogen (secondary N) is 1. The number of hydrogen-bond acceptors (Lipinski definition) is 1. The summed E-state index contributed by atoms with van der Waals surface area (Å²) in [4.78, 5) is 0. The van der Waals surface area contributed by atoms with Crippen LogP contribution in [0.15, 0.2) is 30.4 Å². The monoisotopic (exact) mass is 253 g/mol. The van der Waals surface area contributed by atoms with E-state index in [0.717, 1.165) is 12.8 Å². The lowest BCUT2D eigenvalue weighted by Crippen LogP contribution is -2.41. The van der Waals surface area contributed by atoms with Crippen molar-refractivity contribution in [2.24, 2.45) is 0 Å². The lowest BCUT2D eigenvalue weighted by atomic mass is 9.88. The molecule has 84 valence electrons. The van der Waals surface area contributed by atoms with Crippen molar-refractivity contribution >= 4 is 23.2 Å². The van der Waals surface area contributed by atoms with Crippen LogP contribution < -0.4 is 5.32 Å². The normalized spacial score (nSPS) is 32.0. The maximum atomic E-state index is 6.08. The average Bonchev–Trinajstić information content (AvgIpc) is 2.59. The van der Waals surface area contributed by atoms with E-state index < -0.39 is 0 Å². The van der Waals surface area contributed by atoms with Gasteiger partial charge in [-0.25, -0.2) is 0 Å². The molecule has 0 amide bonds.